The number of carbonyl (C=O) groups is 1. The van der Waals surface area contributed by atoms with Crippen molar-refractivity contribution in [3.05, 3.63) is 35.7 Å². The SMILES string of the molecule is CCc1nc(C(=O)Nc2cccnc2C)n[nH]1. The molecule has 6 heteroatoms. The lowest BCUT2D eigenvalue weighted by atomic mass is 10.3. The normalized spacial score (nSPS) is 10.2. The van der Waals surface area contributed by atoms with Crippen LogP contribution in [0.5, 0.6) is 0 Å². The molecule has 0 saturated heterocycles. The van der Waals surface area contributed by atoms with Gasteiger partial charge in [0, 0.05) is 12.6 Å². The van der Waals surface area contributed by atoms with Gasteiger partial charge in [-0.2, -0.15) is 0 Å². The lowest BCUT2D eigenvalue weighted by molar-refractivity contribution is 0.101. The van der Waals surface area contributed by atoms with Crippen molar-refractivity contribution >= 4 is 11.6 Å². The summed E-state index contributed by atoms with van der Waals surface area (Å²) in [5.41, 5.74) is 1.42. The van der Waals surface area contributed by atoms with Crippen molar-refractivity contribution in [3.8, 4) is 0 Å². The quantitative estimate of drug-likeness (QED) is 0.834. The number of aryl methyl sites for hydroxylation is 2. The average Bonchev–Trinajstić information content (AvgIpc) is 2.81. The molecular weight excluding hydrogens is 218 g/mol. The first kappa shape index (κ1) is 11.3. The number of nitrogens with one attached hydrogen (secondary N) is 2. The largest absolute Gasteiger partial charge is 0.318 e. The third kappa shape index (κ3) is 2.47. The van der Waals surface area contributed by atoms with E-state index in [0.29, 0.717) is 17.9 Å². The zero-order valence-corrected chi connectivity index (χ0v) is 9.69. The van der Waals surface area contributed by atoms with Crippen LogP contribution in [0.1, 0.15) is 29.1 Å². The molecule has 2 heterocycles. The Kier molecular flexibility index (Phi) is 3.13. The van der Waals surface area contributed by atoms with Gasteiger partial charge in [-0.05, 0) is 19.1 Å². The van der Waals surface area contributed by atoms with Crippen LogP contribution in [0.2, 0.25) is 0 Å². The van der Waals surface area contributed by atoms with Crippen molar-refractivity contribution in [1.29, 1.82) is 0 Å². The molecule has 0 aliphatic carbocycles. The van der Waals surface area contributed by atoms with Gasteiger partial charge >= 0.3 is 0 Å². The van der Waals surface area contributed by atoms with E-state index in [2.05, 4.69) is 25.5 Å². The van der Waals surface area contributed by atoms with Crippen LogP contribution in [-0.4, -0.2) is 26.1 Å². The van der Waals surface area contributed by atoms with E-state index in [1.807, 2.05) is 13.8 Å². The van der Waals surface area contributed by atoms with E-state index in [9.17, 15) is 4.79 Å². The number of hydrogen-bond donors (Lipinski definition) is 2. The van der Waals surface area contributed by atoms with Crippen LogP contribution in [0.3, 0.4) is 0 Å². The second-order valence-corrected chi connectivity index (χ2v) is 3.55. The first-order valence-corrected chi connectivity index (χ1v) is 5.35. The van der Waals surface area contributed by atoms with E-state index >= 15 is 0 Å². The van der Waals surface area contributed by atoms with E-state index in [4.69, 9.17) is 0 Å². The van der Waals surface area contributed by atoms with E-state index < -0.39 is 0 Å². The molecule has 0 saturated carbocycles. The van der Waals surface area contributed by atoms with Gasteiger partial charge in [0.2, 0.25) is 5.82 Å². The molecule has 88 valence electrons. The minimum atomic E-state index is -0.336. The van der Waals surface area contributed by atoms with Crippen molar-refractivity contribution in [2.75, 3.05) is 5.32 Å². The lowest BCUT2D eigenvalue weighted by Crippen LogP contribution is -2.14. The van der Waals surface area contributed by atoms with Gasteiger partial charge in [0.25, 0.3) is 5.91 Å². The fourth-order valence-electron chi connectivity index (χ4n) is 1.35. The van der Waals surface area contributed by atoms with Crippen molar-refractivity contribution in [2.24, 2.45) is 0 Å². The molecule has 2 N–H and O–H groups in total. The van der Waals surface area contributed by atoms with Gasteiger partial charge in [-0.25, -0.2) is 4.98 Å². The van der Waals surface area contributed by atoms with E-state index in [-0.39, 0.29) is 11.7 Å². The van der Waals surface area contributed by atoms with Crippen LogP contribution >= 0.6 is 0 Å². The zero-order chi connectivity index (χ0) is 12.3. The molecule has 0 bridgehead atoms. The van der Waals surface area contributed by atoms with Crippen LogP contribution in [0.25, 0.3) is 0 Å². The van der Waals surface area contributed by atoms with Gasteiger partial charge in [0.15, 0.2) is 0 Å². The smallest absolute Gasteiger partial charge is 0.295 e. The molecule has 0 aliphatic rings. The first-order chi connectivity index (χ1) is 8.20. The lowest BCUT2D eigenvalue weighted by Gasteiger charge is -2.04. The third-order valence-electron chi connectivity index (χ3n) is 2.32. The summed E-state index contributed by atoms with van der Waals surface area (Å²) < 4.78 is 0. The molecule has 0 aliphatic heterocycles. The van der Waals surface area contributed by atoms with Crippen LogP contribution in [0.4, 0.5) is 5.69 Å². The molecule has 2 rings (SSSR count). The Balaban J connectivity index is 2.14. The number of aromatic amines is 1. The third-order valence-corrected chi connectivity index (χ3v) is 2.32. The maximum atomic E-state index is 11.8. The topological polar surface area (TPSA) is 83.6 Å². The van der Waals surface area contributed by atoms with Gasteiger partial charge in [-0.3, -0.25) is 14.9 Å². The van der Waals surface area contributed by atoms with Gasteiger partial charge in [-0.15, -0.1) is 5.10 Å². The Morgan fingerprint density at radius 3 is 3.00 bits per heavy atom. The van der Waals surface area contributed by atoms with Crippen molar-refractivity contribution in [3.63, 3.8) is 0 Å². The molecule has 2 aromatic rings. The zero-order valence-electron chi connectivity index (χ0n) is 9.69. The highest BCUT2D eigenvalue weighted by atomic mass is 16.2. The Hall–Kier alpha value is -2.24. The number of aromatic nitrogens is 4. The summed E-state index contributed by atoms with van der Waals surface area (Å²) in [4.78, 5) is 20.0. The van der Waals surface area contributed by atoms with Crippen LogP contribution in [-0.2, 0) is 6.42 Å². The van der Waals surface area contributed by atoms with Crippen LogP contribution in [0.15, 0.2) is 18.3 Å². The molecule has 1 amide bonds. The minimum Gasteiger partial charge on any atom is -0.318 e. The number of nitrogens with zero attached hydrogens (tertiary/aromatic N) is 3. The number of H-pyrrole nitrogens is 1. The molecule has 2 aromatic heterocycles. The van der Waals surface area contributed by atoms with Crippen molar-refractivity contribution < 1.29 is 4.79 Å². The molecule has 0 fully saturated rings. The van der Waals surface area contributed by atoms with E-state index in [0.717, 1.165) is 5.69 Å². The molecule has 17 heavy (non-hydrogen) atoms. The summed E-state index contributed by atoms with van der Waals surface area (Å²) in [6.45, 7) is 3.76. The average molecular weight is 231 g/mol. The molecule has 0 spiro atoms. The standard InChI is InChI=1S/C11H13N5O/c1-3-9-14-10(16-15-9)11(17)13-8-5-4-6-12-7(8)2/h4-6H,3H2,1-2H3,(H,13,17)(H,14,15,16). The highest BCUT2D eigenvalue weighted by Crippen LogP contribution is 2.11. The summed E-state index contributed by atoms with van der Waals surface area (Å²) in [7, 11) is 0. The van der Waals surface area contributed by atoms with Gasteiger partial charge < -0.3 is 5.32 Å². The molecule has 0 aromatic carbocycles. The number of amides is 1. The Labute approximate surface area is 98.5 Å². The first-order valence-electron chi connectivity index (χ1n) is 5.35. The van der Waals surface area contributed by atoms with Crippen LogP contribution in [0, 0.1) is 6.92 Å². The highest BCUT2D eigenvalue weighted by molar-refractivity contribution is 6.01. The van der Waals surface area contributed by atoms with E-state index in [1.165, 1.54) is 0 Å². The maximum Gasteiger partial charge on any atom is 0.295 e. The van der Waals surface area contributed by atoms with Gasteiger partial charge in [0.1, 0.15) is 5.82 Å². The van der Waals surface area contributed by atoms with Crippen molar-refractivity contribution in [2.45, 2.75) is 20.3 Å². The maximum absolute atomic E-state index is 11.8. The van der Waals surface area contributed by atoms with Gasteiger partial charge in [-0.1, -0.05) is 6.92 Å². The summed E-state index contributed by atoms with van der Waals surface area (Å²) in [5, 5.41) is 9.26. The fraction of sp³-hybridized carbons (Fsp3) is 0.273. The predicted octanol–water partition coefficient (Wildman–Crippen LogP) is 1.32. The number of hydrogen-bond acceptors (Lipinski definition) is 4. The molecule has 0 radical (unpaired) electrons. The summed E-state index contributed by atoms with van der Waals surface area (Å²) in [6, 6.07) is 3.55. The highest BCUT2D eigenvalue weighted by Gasteiger charge is 2.12. The molecule has 0 unspecified atom stereocenters. The van der Waals surface area contributed by atoms with E-state index in [1.54, 1.807) is 18.3 Å². The summed E-state index contributed by atoms with van der Waals surface area (Å²) in [6.07, 6.45) is 2.39. The number of rotatable bonds is 3. The Morgan fingerprint density at radius 1 is 1.53 bits per heavy atom. The van der Waals surface area contributed by atoms with Crippen molar-refractivity contribution in [1.82, 2.24) is 20.2 Å². The molecule has 0 atom stereocenters. The number of anilines is 1. The second kappa shape index (κ2) is 4.73. The molecule has 6 nitrogen and oxygen atoms in total. The van der Waals surface area contributed by atoms with Crippen LogP contribution < -0.4 is 5.32 Å². The summed E-state index contributed by atoms with van der Waals surface area (Å²) >= 11 is 0. The summed E-state index contributed by atoms with van der Waals surface area (Å²) in [5.74, 6) is 0.500. The number of pyridine rings is 1. The Bertz CT molecular complexity index is 534. The fourth-order valence-corrected chi connectivity index (χ4v) is 1.35. The predicted molar refractivity (Wildman–Crippen MR) is 62.7 cm³/mol. The Morgan fingerprint density at radius 2 is 2.35 bits per heavy atom. The monoisotopic (exact) mass is 231 g/mol. The van der Waals surface area contributed by atoms with Gasteiger partial charge in [0.05, 0.1) is 11.4 Å². The molecular formula is C11H13N5O. The minimum absolute atomic E-state index is 0.144. The second-order valence-electron chi connectivity index (χ2n) is 3.55. The number of carbonyl (C=O) groups excluding carboxylic acids is 1.